The van der Waals surface area contributed by atoms with Crippen LogP contribution in [0.25, 0.3) is 0 Å². The molecule has 0 aromatic heterocycles. The average Bonchev–Trinajstić information content (AvgIpc) is 2.29. The van der Waals surface area contributed by atoms with E-state index in [2.05, 4.69) is 5.32 Å². The van der Waals surface area contributed by atoms with Gasteiger partial charge in [0, 0.05) is 22.2 Å². The van der Waals surface area contributed by atoms with Gasteiger partial charge in [0.2, 0.25) is 5.91 Å². The summed E-state index contributed by atoms with van der Waals surface area (Å²) in [6, 6.07) is 7.55. The van der Waals surface area contributed by atoms with Crippen LogP contribution in [-0.4, -0.2) is 33.3 Å². The minimum Gasteiger partial charge on any atom is -0.395 e. The third-order valence-corrected chi connectivity index (χ3v) is 3.45. The molecule has 2 N–H and O–H groups in total. The number of anilines is 1. The molecular formula is C12H17NO3S. The van der Waals surface area contributed by atoms with Crippen LogP contribution in [0.15, 0.2) is 24.3 Å². The number of carbonyl (C=O) groups excluding carboxylic acids is 1. The average molecular weight is 255 g/mol. The van der Waals surface area contributed by atoms with Gasteiger partial charge in [-0.15, -0.1) is 0 Å². The molecule has 0 bridgehead atoms. The number of aryl methyl sites for hydroxylation is 1. The van der Waals surface area contributed by atoms with Crippen molar-refractivity contribution in [2.75, 3.05) is 23.4 Å². The molecule has 1 aromatic carbocycles. The first-order chi connectivity index (χ1) is 8.15. The first-order valence-electron chi connectivity index (χ1n) is 5.50. The Balaban J connectivity index is 2.52. The fourth-order valence-electron chi connectivity index (χ4n) is 1.39. The first-order valence-corrected chi connectivity index (χ1v) is 6.99. The smallest absolute Gasteiger partial charge is 0.236 e. The van der Waals surface area contributed by atoms with Gasteiger partial charge in [-0.1, -0.05) is 19.1 Å². The van der Waals surface area contributed by atoms with E-state index >= 15 is 0 Å². The molecule has 0 aliphatic rings. The van der Waals surface area contributed by atoms with Crippen molar-refractivity contribution in [2.45, 2.75) is 13.3 Å². The fourth-order valence-corrected chi connectivity index (χ4v) is 2.10. The van der Waals surface area contributed by atoms with E-state index in [4.69, 9.17) is 5.11 Å². The van der Waals surface area contributed by atoms with Gasteiger partial charge in [0.25, 0.3) is 0 Å². The number of nitrogens with one attached hydrogen (secondary N) is 1. The number of hydrogen-bond acceptors (Lipinski definition) is 3. The van der Waals surface area contributed by atoms with E-state index in [1.165, 1.54) is 0 Å². The Morgan fingerprint density at radius 2 is 2.24 bits per heavy atom. The predicted octanol–water partition coefficient (Wildman–Crippen LogP) is 0.928. The minimum absolute atomic E-state index is 0.0725. The van der Waals surface area contributed by atoms with Crippen molar-refractivity contribution in [3.05, 3.63) is 29.8 Å². The Labute approximate surface area is 104 Å². The SMILES string of the molecule is CCc1cccc(NC(=O)CS(=O)CCO)c1. The molecule has 4 nitrogen and oxygen atoms in total. The van der Waals surface area contributed by atoms with Crippen molar-refractivity contribution in [2.24, 2.45) is 0 Å². The van der Waals surface area contributed by atoms with Gasteiger partial charge in [0.05, 0.1) is 6.61 Å². The second kappa shape index (κ2) is 7.19. The molecule has 17 heavy (non-hydrogen) atoms. The number of benzene rings is 1. The summed E-state index contributed by atoms with van der Waals surface area (Å²) in [4.78, 5) is 11.5. The molecule has 0 saturated carbocycles. The standard InChI is InChI=1S/C12H17NO3S/c1-2-10-4-3-5-11(8-10)13-12(15)9-17(16)7-6-14/h3-5,8,14H,2,6-7,9H2,1H3,(H,13,15). The van der Waals surface area contributed by atoms with Gasteiger partial charge in [0.15, 0.2) is 0 Å². The largest absolute Gasteiger partial charge is 0.395 e. The van der Waals surface area contributed by atoms with Gasteiger partial charge < -0.3 is 10.4 Å². The highest BCUT2D eigenvalue weighted by Gasteiger charge is 2.07. The van der Waals surface area contributed by atoms with Crippen molar-refractivity contribution in [3.63, 3.8) is 0 Å². The molecule has 0 saturated heterocycles. The van der Waals surface area contributed by atoms with Crippen molar-refractivity contribution < 1.29 is 14.1 Å². The molecule has 1 amide bonds. The summed E-state index contributed by atoms with van der Waals surface area (Å²) in [6.07, 6.45) is 0.903. The van der Waals surface area contributed by atoms with Gasteiger partial charge in [0.1, 0.15) is 5.75 Å². The van der Waals surface area contributed by atoms with Gasteiger partial charge in [-0.05, 0) is 24.1 Å². The number of aliphatic hydroxyl groups is 1. The monoisotopic (exact) mass is 255 g/mol. The van der Waals surface area contributed by atoms with Crippen LogP contribution in [0, 0.1) is 0 Å². The van der Waals surface area contributed by atoms with Crippen LogP contribution in [0.4, 0.5) is 5.69 Å². The zero-order valence-electron chi connectivity index (χ0n) is 9.81. The van der Waals surface area contributed by atoms with Gasteiger partial charge in [-0.2, -0.15) is 0 Å². The maximum Gasteiger partial charge on any atom is 0.236 e. The molecule has 1 rings (SSSR count). The van der Waals surface area contributed by atoms with E-state index in [9.17, 15) is 9.00 Å². The highest BCUT2D eigenvalue weighted by molar-refractivity contribution is 7.85. The molecule has 94 valence electrons. The molecule has 5 heteroatoms. The van der Waals surface area contributed by atoms with Crippen LogP contribution < -0.4 is 5.32 Å². The summed E-state index contributed by atoms with van der Waals surface area (Å²) in [6.45, 7) is 1.88. The second-order valence-corrected chi connectivity index (χ2v) is 5.19. The summed E-state index contributed by atoms with van der Waals surface area (Å²) in [7, 11) is -1.29. The van der Waals surface area contributed by atoms with E-state index in [1.807, 2.05) is 25.1 Å². The highest BCUT2D eigenvalue weighted by Crippen LogP contribution is 2.10. The van der Waals surface area contributed by atoms with E-state index in [0.717, 1.165) is 17.7 Å². The third-order valence-electron chi connectivity index (χ3n) is 2.23. The molecule has 1 aromatic rings. The summed E-state index contributed by atoms with van der Waals surface area (Å²) >= 11 is 0. The van der Waals surface area contributed by atoms with Crippen molar-refractivity contribution in [1.82, 2.24) is 0 Å². The third kappa shape index (κ3) is 5.10. The van der Waals surface area contributed by atoms with E-state index in [-0.39, 0.29) is 24.0 Å². The normalized spacial score (nSPS) is 12.1. The Morgan fingerprint density at radius 3 is 2.88 bits per heavy atom. The molecule has 0 spiro atoms. The summed E-state index contributed by atoms with van der Waals surface area (Å²) < 4.78 is 11.3. The van der Waals surface area contributed by atoms with Gasteiger partial charge in [-0.3, -0.25) is 9.00 Å². The van der Waals surface area contributed by atoms with Crippen molar-refractivity contribution >= 4 is 22.4 Å². The number of carbonyl (C=O) groups is 1. The lowest BCUT2D eigenvalue weighted by molar-refractivity contribution is -0.113. The highest BCUT2D eigenvalue weighted by atomic mass is 32.2. The van der Waals surface area contributed by atoms with Gasteiger partial charge in [-0.25, -0.2) is 0 Å². The summed E-state index contributed by atoms with van der Waals surface area (Å²) in [5, 5.41) is 11.3. The molecule has 0 aliphatic heterocycles. The zero-order chi connectivity index (χ0) is 12.7. The molecule has 0 radical (unpaired) electrons. The van der Waals surface area contributed by atoms with Crippen LogP contribution in [-0.2, 0) is 22.0 Å². The van der Waals surface area contributed by atoms with Crippen LogP contribution >= 0.6 is 0 Å². The topological polar surface area (TPSA) is 66.4 Å². The first kappa shape index (κ1) is 13.9. The Kier molecular flexibility index (Phi) is 5.86. The molecule has 1 unspecified atom stereocenters. The van der Waals surface area contributed by atoms with Crippen molar-refractivity contribution in [1.29, 1.82) is 0 Å². The van der Waals surface area contributed by atoms with Crippen LogP contribution in [0.1, 0.15) is 12.5 Å². The molecule has 0 heterocycles. The number of rotatable bonds is 6. The fraction of sp³-hybridized carbons (Fsp3) is 0.417. The predicted molar refractivity (Wildman–Crippen MR) is 69.4 cm³/mol. The van der Waals surface area contributed by atoms with E-state index in [1.54, 1.807) is 6.07 Å². The maximum atomic E-state index is 11.5. The summed E-state index contributed by atoms with van der Waals surface area (Å²) in [5.74, 6) is -0.218. The van der Waals surface area contributed by atoms with Gasteiger partial charge >= 0.3 is 0 Å². The minimum atomic E-state index is -1.29. The number of amides is 1. The lowest BCUT2D eigenvalue weighted by Crippen LogP contribution is -2.21. The van der Waals surface area contributed by atoms with Crippen LogP contribution in [0.3, 0.4) is 0 Å². The van der Waals surface area contributed by atoms with Crippen LogP contribution in [0.5, 0.6) is 0 Å². The van der Waals surface area contributed by atoms with Crippen LogP contribution in [0.2, 0.25) is 0 Å². The Bertz CT molecular complexity index is 406. The lowest BCUT2D eigenvalue weighted by atomic mass is 10.1. The van der Waals surface area contributed by atoms with E-state index in [0.29, 0.717) is 0 Å². The Morgan fingerprint density at radius 1 is 1.47 bits per heavy atom. The maximum absolute atomic E-state index is 11.5. The summed E-state index contributed by atoms with van der Waals surface area (Å²) in [5.41, 5.74) is 1.86. The molecule has 0 aliphatic carbocycles. The molecule has 0 fully saturated rings. The molecule has 1 atom stereocenters. The lowest BCUT2D eigenvalue weighted by Gasteiger charge is -2.06. The zero-order valence-corrected chi connectivity index (χ0v) is 10.6. The quantitative estimate of drug-likeness (QED) is 0.794. The Hall–Kier alpha value is -1.20. The molecular weight excluding hydrogens is 238 g/mol. The van der Waals surface area contributed by atoms with Crippen molar-refractivity contribution in [3.8, 4) is 0 Å². The number of hydrogen-bond donors (Lipinski definition) is 2. The number of aliphatic hydroxyl groups excluding tert-OH is 1. The van der Waals surface area contributed by atoms with E-state index < -0.39 is 10.8 Å². The second-order valence-electron chi connectivity index (χ2n) is 3.61.